The third-order valence-corrected chi connectivity index (χ3v) is 4.81. The highest BCUT2D eigenvalue weighted by Crippen LogP contribution is 2.26. The lowest BCUT2D eigenvalue weighted by atomic mass is 10.0. The number of aromatic nitrogens is 2. The van der Waals surface area contributed by atoms with Crippen LogP contribution in [0.1, 0.15) is 29.7 Å². The Balaban J connectivity index is 1.50. The Kier molecular flexibility index (Phi) is 6.93. The van der Waals surface area contributed by atoms with Gasteiger partial charge in [0.25, 0.3) is 5.88 Å². The molecule has 5 nitrogen and oxygen atoms in total. The minimum Gasteiger partial charge on any atom is -0.483 e. The van der Waals surface area contributed by atoms with Gasteiger partial charge in [-0.15, -0.1) is 10.2 Å². The van der Waals surface area contributed by atoms with Crippen molar-refractivity contribution in [1.29, 1.82) is 0 Å². The zero-order chi connectivity index (χ0) is 20.4. The molecule has 0 radical (unpaired) electrons. The van der Waals surface area contributed by atoms with Crippen LogP contribution in [0.25, 0.3) is 0 Å². The molecule has 0 unspecified atom stereocenters. The molecule has 0 aliphatic carbocycles. The molecule has 0 bridgehead atoms. The maximum absolute atomic E-state index is 6.03. The zero-order valence-corrected chi connectivity index (χ0v) is 16.8. The molecule has 2 heterocycles. The SMILES string of the molecule is C(#CC1CCOCC1)c1cc(OCc2ccccc2)c(OCc2ccccc2)nn1. The Morgan fingerprint density at radius 2 is 1.47 bits per heavy atom. The summed E-state index contributed by atoms with van der Waals surface area (Å²) in [4.78, 5) is 0. The van der Waals surface area contributed by atoms with Gasteiger partial charge in [-0.25, -0.2) is 0 Å². The smallest absolute Gasteiger partial charge is 0.276 e. The van der Waals surface area contributed by atoms with Crippen LogP contribution in [0.15, 0.2) is 66.7 Å². The van der Waals surface area contributed by atoms with Crippen molar-refractivity contribution in [3.8, 4) is 23.5 Å². The number of ether oxygens (including phenoxy) is 3. The van der Waals surface area contributed by atoms with Crippen molar-refractivity contribution < 1.29 is 14.2 Å². The van der Waals surface area contributed by atoms with Crippen LogP contribution >= 0.6 is 0 Å². The molecule has 30 heavy (non-hydrogen) atoms. The van der Waals surface area contributed by atoms with E-state index in [2.05, 4.69) is 22.0 Å². The van der Waals surface area contributed by atoms with Gasteiger partial charge in [-0.1, -0.05) is 66.6 Å². The number of rotatable bonds is 6. The third kappa shape index (κ3) is 5.82. The first-order valence-electron chi connectivity index (χ1n) is 10.2. The number of hydrogen-bond acceptors (Lipinski definition) is 5. The van der Waals surface area contributed by atoms with Crippen LogP contribution in [0.3, 0.4) is 0 Å². The van der Waals surface area contributed by atoms with Crippen molar-refractivity contribution in [1.82, 2.24) is 10.2 Å². The van der Waals surface area contributed by atoms with Crippen LogP contribution < -0.4 is 9.47 Å². The fraction of sp³-hybridized carbons (Fsp3) is 0.280. The monoisotopic (exact) mass is 400 g/mol. The van der Waals surface area contributed by atoms with Crippen LogP contribution in [0.2, 0.25) is 0 Å². The van der Waals surface area contributed by atoms with E-state index in [0.717, 1.165) is 37.2 Å². The second kappa shape index (κ2) is 10.4. The molecule has 1 aromatic heterocycles. The van der Waals surface area contributed by atoms with Crippen molar-refractivity contribution in [2.24, 2.45) is 5.92 Å². The van der Waals surface area contributed by atoms with E-state index in [9.17, 15) is 0 Å². The van der Waals surface area contributed by atoms with E-state index in [1.54, 1.807) is 0 Å². The molecule has 1 aliphatic rings. The quantitative estimate of drug-likeness (QED) is 0.574. The van der Waals surface area contributed by atoms with Crippen molar-refractivity contribution >= 4 is 0 Å². The van der Waals surface area contributed by atoms with Gasteiger partial charge in [-0.2, -0.15) is 0 Å². The summed E-state index contributed by atoms with van der Waals surface area (Å²) >= 11 is 0. The molecule has 0 atom stereocenters. The summed E-state index contributed by atoms with van der Waals surface area (Å²) in [6.45, 7) is 2.34. The first kappa shape index (κ1) is 19.9. The molecule has 152 valence electrons. The van der Waals surface area contributed by atoms with E-state index < -0.39 is 0 Å². The minimum absolute atomic E-state index is 0.336. The lowest BCUT2D eigenvalue weighted by Crippen LogP contribution is -2.13. The Hall–Kier alpha value is -3.36. The second-order valence-corrected chi connectivity index (χ2v) is 7.10. The molecule has 3 aromatic rings. The van der Waals surface area contributed by atoms with Crippen LogP contribution in [-0.2, 0) is 18.0 Å². The van der Waals surface area contributed by atoms with E-state index in [1.165, 1.54) is 0 Å². The lowest BCUT2D eigenvalue weighted by molar-refractivity contribution is 0.0807. The molecule has 0 spiro atoms. The van der Waals surface area contributed by atoms with E-state index in [0.29, 0.717) is 36.5 Å². The average Bonchev–Trinajstić information content (AvgIpc) is 2.82. The van der Waals surface area contributed by atoms with Gasteiger partial charge in [0.15, 0.2) is 5.75 Å². The predicted octanol–water partition coefficient (Wildman–Crippen LogP) is 4.41. The summed E-state index contributed by atoms with van der Waals surface area (Å²) in [5.74, 6) is 7.67. The highest BCUT2D eigenvalue weighted by Gasteiger charge is 2.13. The van der Waals surface area contributed by atoms with Crippen LogP contribution in [0.4, 0.5) is 0 Å². The van der Waals surface area contributed by atoms with E-state index in [4.69, 9.17) is 14.2 Å². The van der Waals surface area contributed by atoms with E-state index >= 15 is 0 Å². The maximum atomic E-state index is 6.03. The summed E-state index contributed by atoms with van der Waals surface area (Å²) in [7, 11) is 0. The molecule has 5 heteroatoms. The highest BCUT2D eigenvalue weighted by atomic mass is 16.5. The van der Waals surface area contributed by atoms with Gasteiger partial charge in [0.2, 0.25) is 0 Å². The fourth-order valence-corrected chi connectivity index (χ4v) is 3.11. The molecular weight excluding hydrogens is 376 g/mol. The Labute approximate surface area is 177 Å². The van der Waals surface area contributed by atoms with Gasteiger partial charge in [0.05, 0.1) is 0 Å². The molecule has 0 N–H and O–H groups in total. The van der Waals surface area contributed by atoms with E-state index in [1.807, 2.05) is 66.7 Å². The largest absolute Gasteiger partial charge is 0.483 e. The maximum Gasteiger partial charge on any atom is 0.276 e. The van der Waals surface area contributed by atoms with Gasteiger partial charge in [0, 0.05) is 25.2 Å². The molecule has 0 amide bonds. The molecular formula is C25H24N2O3. The van der Waals surface area contributed by atoms with Gasteiger partial charge in [-0.3, -0.25) is 0 Å². The summed E-state index contributed by atoms with van der Waals surface area (Å²) in [5, 5.41) is 8.48. The predicted molar refractivity (Wildman–Crippen MR) is 114 cm³/mol. The first-order chi connectivity index (χ1) is 14.9. The topological polar surface area (TPSA) is 53.5 Å². The van der Waals surface area contributed by atoms with Crippen molar-refractivity contribution in [3.63, 3.8) is 0 Å². The van der Waals surface area contributed by atoms with Crippen LogP contribution in [0, 0.1) is 17.8 Å². The molecule has 2 aromatic carbocycles. The summed E-state index contributed by atoms with van der Waals surface area (Å²) in [6, 6.07) is 21.7. The second-order valence-electron chi connectivity index (χ2n) is 7.10. The number of nitrogens with zero attached hydrogens (tertiary/aromatic N) is 2. The summed E-state index contributed by atoms with van der Waals surface area (Å²) in [6.07, 6.45) is 1.91. The Morgan fingerprint density at radius 3 is 2.13 bits per heavy atom. The molecule has 1 aliphatic heterocycles. The standard InChI is InChI=1S/C25H24N2O3/c1-3-7-21(8-4-1)18-29-24-17-23(12-11-20-13-15-28-16-14-20)26-27-25(24)30-19-22-9-5-2-6-10-22/h1-10,17,20H,13-16,18-19H2. The van der Waals surface area contributed by atoms with Gasteiger partial charge >= 0.3 is 0 Å². The average molecular weight is 400 g/mol. The van der Waals surface area contributed by atoms with Crippen LogP contribution in [0.5, 0.6) is 11.6 Å². The minimum atomic E-state index is 0.336. The fourth-order valence-electron chi connectivity index (χ4n) is 3.11. The molecule has 0 saturated carbocycles. The first-order valence-corrected chi connectivity index (χ1v) is 10.2. The lowest BCUT2D eigenvalue weighted by Gasteiger charge is -2.16. The Morgan fingerprint density at radius 1 is 0.833 bits per heavy atom. The highest BCUT2D eigenvalue weighted by molar-refractivity contribution is 5.40. The molecule has 4 rings (SSSR count). The summed E-state index contributed by atoms with van der Waals surface area (Å²) in [5.41, 5.74) is 2.70. The van der Waals surface area contributed by atoms with E-state index in [-0.39, 0.29) is 0 Å². The summed E-state index contributed by atoms with van der Waals surface area (Å²) < 4.78 is 17.3. The normalized spacial score (nSPS) is 13.9. The number of hydrogen-bond donors (Lipinski definition) is 0. The molecule has 1 saturated heterocycles. The van der Waals surface area contributed by atoms with Crippen molar-refractivity contribution in [3.05, 3.63) is 83.6 Å². The van der Waals surface area contributed by atoms with Crippen molar-refractivity contribution in [2.75, 3.05) is 13.2 Å². The third-order valence-electron chi connectivity index (χ3n) is 4.81. The van der Waals surface area contributed by atoms with Gasteiger partial charge in [0.1, 0.15) is 18.9 Å². The zero-order valence-electron chi connectivity index (χ0n) is 16.8. The van der Waals surface area contributed by atoms with Crippen LogP contribution in [-0.4, -0.2) is 23.4 Å². The van der Waals surface area contributed by atoms with Gasteiger partial charge in [-0.05, 0) is 29.9 Å². The van der Waals surface area contributed by atoms with Crippen molar-refractivity contribution in [2.45, 2.75) is 26.1 Å². The number of benzene rings is 2. The Bertz CT molecular complexity index is 991. The molecule has 1 fully saturated rings. The van der Waals surface area contributed by atoms with Gasteiger partial charge < -0.3 is 14.2 Å².